The number of ether oxygens (including phenoxy) is 3. The molecule has 6 heteroatoms. The zero-order valence-electron chi connectivity index (χ0n) is 49.9. The summed E-state index contributed by atoms with van der Waals surface area (Å²) in [6, 6.07) is 0. The van der Waals surface area contributed by atoms with E-state index < -0.39 is 6.10 Å². The molecule has 0 spiro atoms. The van der Waals surface area contributed by atoms with Crippen LogP contribution in [-0.4, -0.2) is 37.2 Å². The number of hydrogen-bond acceptors (Lipinski definition) is 6. The minimum Gasteiger partial charge on any atom is -0.462 e. The smallest absolute Gasteiger partial charge is 0.306 e. The molecule has 6 nitrogen and oxygen atoms in total. The molecule has 0 amide bonds. The van der Waals surface area contributed by atoms with Crippen molar-refractivity contribution < 1.29 is 28.6 Å². The molecule has 0 bridgehead atoms. The summed E-state index contributed by atoms with van der Waals surface area (Å²) in [5, 5.41) is 0. The van der Waals surface area contributed by atoms with Gasteiger partial charge in [-0.2, -0.15) is 0 Å². The molecule has 0 heterocycles. The second kappa shape index (κ2) is 63.2. The van der Waals surface area contributed by atoms with Crippen molar-refractivity contribution in [3.8, 4) is 0 Å². The van der Waals surface area contributed by atoms with Crippen LogP contribution in [0, 0.1) is 0 Å². The monoisotopic (exact) mass is 1040 g/mol. The molecule has 0 aliphatic heterocycles. The maximum Gasteiger partial charge on any atom is 0.306 e. The van der Waals surface area contributed by atoms with Gasteiger partial charge < -0.3 is 14.2 Å². The fourth-order valence-electron chi connectivity index (χ4n) is 9.88. The van der Waals surface area contributed by atoms with E-state index in [4.69, 9.17) is 14.2 Å². The Morgan fingerprint density at radius 2 is 0.486 bits per heavy atom. The van der Waals surface area contributed by atoms with Gasteiger partial charge >= 0.3 is 17.9 Å². The maximum absolute atomic E-state index is 12.9. The summed E-state index contributed by atoms with van der Waals surface area (Å²) in [5.41, 5.74) is 0. The molecule has 1 atom stereocenters. The molecule has 0 N–H and O–H groups in total. The number of esters is 3. The lowest BCUT2D eigenvalue weighted by molar-refractivity contribution is -0.167. The number of unbranched alkanes of at least 4 members (excludes halogenated alkanes) is 44. The Hall–Kier alpha value is -2.37. The van der Waals surface area contributed by atoms with E-state index in [1.54, 1.807) is 0 Å². The van der Waals surface area contributed by atoms with Gasteiger partial charge in [0.15, 0.2) is 6.10 Å². The van der Waals surface area contributed by atoms with E-state index in [0.29, 0.717) is 19.3 Å². The number of hydrogen-bond donors (Lipinski definition) is 0. The Kier molecular flexibility index (Phi) is 61.1. The molecule has 0 aromatic carbocycles. The van der Waals surface area contributed by atoms with Crippen molar-refractivity contribution in [3.05, 3.63) is 36.5 Å². The third-order valence-corrected chi connectivity index (χ3v) is 14.9. The molecule has 0 rings (SSSR count). The average molecular weight is 1040 g/mol. The van der Waals surface area contributed by atoms with E-state index in [2.05, 4.69) is 57.2 Å². The van der Waals surface area contributed by atoms with Crippen molar-refractivity contribution in [2.45, 2.75) is 367 Å². The van der Waals surface area contributed by atoms with Crippen molar-refractivity contribution in [2.75, 3.05) is 13.2 Å². The first-order chi connectivity index (χ1) is 36.5. The minimum atomic E-state index is -0.775. The summed E-state index contributed by atoms with van der Waals surface area (Å²) < 4.78 is 17.0. The van der Waals surface area contributed by atoms with Crippen LogP contribution in [0.25, 0.3) is 0 Å². The maximum atomic E-state index is 12.9. The van der Waals surface area contributed by atoms with Crippen LogP contribution in [0.1, 0.15) is 361 Å². The second-order valence-electron chi connectivity index (χ2n) is 22.4. The van der Waals surface area contributed by atoms with Crippen LogP contribution < -0.4 is 0 Å². The highest BCUT2D eigenvalue weighted by Crippen LogP contribution is 2.18. The Bertz CT molecular complexity index is 1240. The first kappa shape index (κ1) is 71.6. The molecule has 0 saturated heterocycles. The van der Waals surface area contributed by atoms with Crippen LogP contribution in [-0.2, 0) is 28.6 Å². The van der Waals surface area contributed by atoms with E-state index in [1.807, 2.05) is 0 Å². The van der Waals surface area contributed by atoms with Crippen LogP contribution in [0.3, 0.4) is 0 Å². The molecule has 0 aromatic heterocycles. The Morgan fingerprint density at radius 1 is 0.270 bits per heavy atom. The average Bonchev–Trinajstić information content (AvgIpc) is 3.40. The molecule has 74 heavy (non-hydrogen) atoms. The number of carbonyl (C=O) groups excluding carboxylic acids is 3. The Morgan fingerprint density at radius 3 is 0.784 bits per heavy atom. The lowest BCUT2D eigenvalue weighted by atomic mass is 10.0. The molecular formula is C68H126O6. The van der Waals surface area contributed by atoms with E-state index in [1.165, 1.54) is 257 Å². The molecule has 0 unspecified atom stereocenters. The minimum absolute atomic E-state index is 0.0706. The van der Waals surface area contributed by atoms with Gasteiger partial charge in [0.2, 0.25) is 0 Å². The topological polar surface area (TPSA) is 78.9 Å². The molecule has 0 saturated carbocycles. The molecule has 0 aliphatic carbocycles. The third-order valence-electron chi connectivity index (χ3n) is 14.9. The SMILES string of the molecule is CCCCC/C=C\C/C=C\CCCCCCCCCCCC(=O)OC[C@@H](COC(=O)CCCCCCCCCCCCCCCCCCCC)OC(=O)CCCCCCCCC/C=C\CCCCCCCCCC. The third kappa shape index (κ3) is 60.5. The molecule has 0 fully saturated rings. The quantitative estimate of drug-likeness (QED) is 0.0261. The summed E-state index contributed by atoms with van der Waals surface area (Å²) in [6.45, 7) is 6.68. The largest absolute Gasteiger partial charge is 0.462 e. The van der Waals surface area contributed by atoms with Crippen molar-refractivity contribution in [2.24, 2.45) is 0 Å². The summed E-state index contributed by atoms with van der Waals surface area (Å²) in [7, 11) is 0. The molecule has 0 radical (unpaired) electrons. The van der Waals surface area contributed by atoms with Gasteiger partial charge in [0.25, 0.3) is 0 Å². The molecule has 434 valence electrons. The van der Waals surface area contributed by atoms with Crippen molar-refractivity contribution in [3.63, 3.8) is 0 Å². The zero-order valence-corrected chi connectivity index (χ0v) is 49.9. The number of carbonyl (C=O) groups is 3. The standard InChI is InChI=1S/C68H126O6/c1-4-7-10-13-16-19-22-25-28-31-34-37-40-43-46-49-52-55-58-61-67(70)73-64-65(63-72-66(69)60-57-54-51-48-45-42-39-36-33-30-27-24-21-18-15-12-9-6-3)74-68(71)62-59-56-53-50-47-44-41-38-35-32-29-26-23-20-17-14-11-8-5-2/h16,19,25,28,32,35,65H,4-15,17-18,20-24,26-27,29-31,33-34,36-64H2,1-3H3/b19-16-,28-25-,35-32-/t65-/m1/s1. The van der Waals surface area contributed by atoms with Gasteiger partial charge in [0, 0.05) is 19.3 Å². The molecule has 0 aliphatic rings. The first-order valence-corrected chi connectivity index (χ1v) is 33.0. The molecule has 0 aromatic rings. The summed E-state index contributed by atoms with van der Waals surface area (Å²) in [4.78, 5) is 38.4. The normalized spacial score (nSPS) is 12.2. The van der Waals surface area contributed by atoms with Gasteiger partial charge in [-0.15, -0.1) is 0 Å². The van der Waals surface area contributed by atoms with Crippen LogP contribution in [0.2, 0.25) is 0 Å². The van der Waals surface area contributed by atoms with Gasteiger partial charge in [-0.3, -0.25) is 14.4 Å². The summed E-state index contributed by atoms with van der Waals surface area (Å²) >= 11 is 0. The van der Waals surface area contributed by atoms with Crippen LogP contribution in [0.15, 0.2) is 36.5 Å². The van der Waals surface area contributed by atoms with Gasteiger partial charge in [-0.05, 0) is 77.0 Å². The fraction of sp³-hybridized carbons (Fsp3) is 0.868. The molecular weight excluding hydrogens is 913 g/mol. The second-order valence-corrected chi connectivity index (χ2v) is 22.4. The first-order valence-electron chi connectivity index (χ1n) is 33.0. The van der Waals surface area contributed by atoms with E-state index >= 15 is 0 Å². The van der Waals surface area contributed by atoms with Crippen LogP contribution >= 0.6 is 0 Å². The number of rotatable bonds is 61. The van der Waals surface area contributed by atoms with Crippen molar-refractivity contribution in [1.82, 2.24) is 0 Å². The van der Waals surface area contributed by atoms with Gasteiger partial charge in [0.05, 0.1) is 0 Å². The van der Waals surface area contributed by atoms with Crippen LogP contribution in [0.5, 0.6) is 0 Å². The van der Waals surface area contributed by atoms with E-state index in [-0.39, 0.29) is 31.1 Å². The summed E-state index contributed by atoms with van der Waals surface area (Å²) in [5.74, 6) is -0.853. The van der Waals surface area contributed by atoms with E-state index in [0.717, 1.165) is 64.2 Å². The predicted molar refractivity (Wildman–Crippen MR) is 321 cm³/mol. The number of allylic oxidation sites excluding steroid dienone is 6. The Balaban J connectivity index is 4.34. The Labute approximate surface area is 461 Å². The zero-order chi connectivity index (χ0) is 53.6. The highest BCUT2D eigenvalue weighted by Gasteiger charge is 2.19. The highest BCUT2D eigenvalue weighted by molar-refractivity contribution is 5.71. The fourth-order valence-corrected chi connectivity index (χ4v) is 9.88. The highest BCUT2D eigenvalue weighted by atomic mass is 16.6. The van der Waals surface area contributed by atoms with Gasteiger partial charge in [0.1, 0.15) is 13.2 Å². The van der Waals surface area contributed by atoms with Crippen LogP contribution in [0.4, 0.5) is 0 Å². The predicted octanol–water partition coefficient (Wildman–Crippen LogP) is 22.4. The lowest BCUT2D eigenvalue weighted by Gasteiger charge is -2.18. The lowest BCUT2D eigenvalue weighted by Crippen LogP contribution is -2.30. The van der Waals surface area contributed by atoms with Gasteiger partial charge in [-0.25, -0.2) is 0 Å². The van der Waals surface area contributed by atoms with Gasteiger partial charge in [-0.1, -0.05) is 301 Å². The summed E-state index contributed by atoms with van der Waals surface area (Å²) in [6.07, 6.45) is 77.2. The van der Waals surface area contributed by atoms with E-state index in [9.17, 15) is 14.4 Å². The van der Waals surface area contributed by atoms with Crippen molar-refractivity contribution in [1.29, 1.82) is 0 Å². The van der Waals surface area contributed by atoms with Crippen molar-refractivity contribution >= 4 is 17.9 Å².